The maximum Gasteiger partial charge on any atom is 0.409 e. The Bertz CT molecular complexity index is 1350. The average molecular weight is 476 g/mol. The van der Waals surface area contributed by atoms with Crippen molar-refractivity contribution >= 4 is 17.0 Å². The molecule has 8 heteroatoms. The van der Waals surface area contributed by atoms with E-state index >= 15 is 0 Å². The van der Waals surface area contributed by atoms with Crippen molar-refractivity contribution in [1.29, 1.82) is 0 Å². The third-order valence-electron chi connectivity index (χ3n) is 6.30. The second-order valence-electron chi connectivity index (χ2n) is 9.37. The molecule has 1 aliphatic rings. The number of benzene rings is 2. The maximum atomic E-state index is 13.3. The topological polar surface area (TPSA) is 93.9 Å². The fourth-order valence-corrected chi connectivity index (χ4v) is 4.51. The summed E-state index contributed by atoms with van der Waals surface area (Å²) in [5, 5.41) is 10.5. The van der Waals surface area contributed by atoms with E-state index in [2.05, 4.69) is 24.8 Å². The summed E-state index contributed by atoms with van der Waals surface area (Å²) in [6.45, 7) is 8.02. The molecular formula is C27H29N3O5. The normalized spacial score (nSPS) is 17.0. The van der Waals surface area contributed by atoms with Crippen LogP contribution in [0.2, 0.25) is 0 Å². The van der Waals surface area contributed by atoms with Gasteiger partial charge in [-0.25, -0.2) is 9.59 Å². The molecule has 8 nitrogen and oxygen atoms in total. The molecule has 4 rings (SSSR count). The van der Waals surface area contributed by atoms with Crippen molar-refractivity contribution < 1.29 is 19.4 Å². The zero-order valence-corrected chi connectivity index (χ0v) is 20.3. The van der Waals surface area contributed by atoms with E-state index < -0.39 is 23.5 Å². The Kier molecular flexibility index (Phi) is 6.55. The first-order valence-electron chi connectivity index (χ1n) is 11.5. The minimum atomic E-state index is -1.10. The lowest BCUT2D eigenvalue weighted by molar-refractivity contribution is -0.0423. The number of rotatable bonds is 6. The molecule has 1 amide bonds. The van der Waals surface area contributed by atoms with Crippen molar-refractivity contribution in [2.45, 2.75) is 51.9 Å². The molecule has 1 atom stereocenters. The van der Waals surface area contributed by atoms with Crippen LogP contribution in [0, 0.1) is 12.3 Å². The molecule has 0 spiro atoms. The first kappa shape index (κ1) is 24.3. The number of carboxylic acid groups (broad SMARTS) is 1. The summed E-state index contributed by atoms with van der Waals surface area (Å²) in [5.74, 6) is 3.38. The van der Waals surface area contributed by atoms with Crippen LogP contribution in [0.5, 0.6) is 5.75 Å². The van der Waals surface area contributed by atoms with Crippen molar-refractivity contribution in [3.8, 4) is 29.4 Å². The molecule has 3 aromatic rings. The highest BCUT2D eigenvalue weighted by Gasteiger charge is 2.44. The van der Waals surface area contributed by atoms with Gasteiger partial charge in [0.1, 0.15) is 18.1 Å². The van der Waals surface area contributed by atoms with Crippen molar-refractivity contribution in [1.82, 2.24) is 14.5 Å². The van der Waals surface area contributed by atoms with Gasteiger partial charge in [-0.15, -0.1) is 6.42 Å². The van der Waals surface area contributed by atoms with Crippen LogP contribution in [0.25, 0.3) is 22.2 Å². The Morgan fingerprint density at radius 1 is 1.29 bits per heavy atom. The van der Waals surface area contributed by atoms with Crippen LogP contribution < -0.4 is 10.4 Å². The predicted molar refractivity (Wildman–Crippen MR) is 134 cm³/mol. The van der Waals surface area contributed by atoms with E-state index in [0.29, 0.717) is 28.3 Å². The minimum Gasteiger partial charge on any atom is -0.481 e. The van der Waals surface area contributed by atoms with Gasteiger partial charge in [-0.2, -0.15) is 4.98 Å². The number of aromatic nitrogens is 2. The van der Waals surface area contributed by atoms with Crippen LogP contribution in [0.15, 0.2) is 47.3 Å². The molecule has 1 aromatic heterocycles. The summed E-state index contributed by atoms with van der Waals surface area (Å²) in [4.78, 5) is 30.9. The molecule has 1 fully saturated rings. The van der Waals surface area contributed by atoms with Crippen molar-refractivity contribution in [2.75, 3.05) is 13.2 Å². The van der Waals surface area contributed by atoms with E-state index in [1.54, 1.807) is 26.0 Å². The second kappa shape index (κ2) is 9.43. The number of fused-ring (bicyclic) bond motifs is 1. The number of hydrogen-bond donors (Lipinski definition) is 1. The van der Waals surface area contributed by atoms with E-state index in [0.717, 1.165) is 5.56 Å². The highest BCUT2D eigenvalue weighted by Crippen LogP contribution is 2.32. The molecule has 2 heterocycles. The fourth-order valence-electron chi connectivity index (χ4n) is 4.51. The van der Waals surface area contributed by atoms with Crippen LogP contribution in [0.3, 0.4) is 0 Å². The summed E-state index contributed by atoms with van der Waals surface area (Å²) >= 11 is 0. The smallest absolute Gasteiger partial charge is 0.409 e. The minimum absolute atomic E-state index is 0.106. The van der Waals surface area contributed by atoms with Crippen LogP contribution in [-0.4, -0.2) is 50.6 Å². The van der Waals surface area contributed by atoms with Gasteiger partial charge in [-0.05, 0) is 43.5 Å². The summed E-state index contributed by atoms with van der Waals surface area (Å²) in [6, 6.07) is 12.8. The highest BCUT2D eigenvalue weighted by atomic mass is 16.5. The molecule has 1 saturated heterocycles. The molecule has 0 saturated carbocycles. The van der Waals surface area contributed by atoms with Crippen molar-refractivity contribution in [3.63, 3.8) is 0 Å². The Balaban J connectivity index is 1.85. The Morgan fingerprint density at radius 2 is 2.00 bits per heavy atom. The summed E-state index contributed by atoms with van der Waals surface area (Å²) in [6.07, 6.45) is 4.24. The van der Waals surface area contributed by atoms with Gasteiger partial charge in [0.05, 0.1) is 30.4 Å². The van der Waals surface area contributed by atoms with Gasteiger partial charge in [0, 0.05) is 10.9 Å². The number of terminal acetylenes is 1. The monoisotopic (exact) mass is 475 g/mol. The fraction of sp³-hybridized carbons (Fsp3) is 0.370. The molecule has 0 aliphatic carbocycles. The second-order valence-corrected chi connectivity index (χ2v) is 9.37. The molecule has 2 aromatic carbocycles. The summed E-state index contributed by atoms with van der Waals surface area (Å²) in [5.41, 5.74) is 1.68. The largest absolute Gasteiger partial charge is 0.481 e. The van der Waals surface area contributed by atoms with Gasteiger partial charge in [-0.3, -0.25) is 9.47 Å². The standard InChI is InChI=1S/C27H29N3O5/c1-6-13-34-21-11-12-23-22(14-21)24(19-9-7-18(8-10-19)17(2)3)28-25(31)29(23)15-20-16-35-27(4,5)30(20)26(32)33/h1,7-12,14,17,20H,13,15-16H2,2-5H3,(H,32,33). The molecule has 0 radical (unpaired) electrons. The third-order valence-corrected chi connectivity index (χ3v) is 6.30. The number of nitrogens with zero attached hydrogens (tertiary/aromatic N) is 3. The van der Waals surface area contributed by atoms with Gasteiger partial charge in [0.25, 0.3) is 0 Å². The number of ether oxygens (including phenoxy) is 2. The Labute approximate surface area is 204 Å². The van der Waals surface area contributed by atoms with E-state index in [-0.39, 0.29) is 19.8 Å². The lowest BCUT2D eigenvalue weighted by Gasteiger charge is -2.31. The molecule has 1 unspecified atom stereocenters. The zero-order chi connectivity index (χ0) is 25.3. The lowest BCUT2D eigenvalue weighted by atomic mass is 9.99. The lowest BCUT2D eigenvalue weighted by Crippen LogP contribution is -2.49. The van der Waals surface area contributed by atoms with Crippen molar-refractivity contribution in [3.05, 3.63) is 58.5 Å². The van der Waals surface area contributed by atoms with E-state index in [1.165, 1.54) is 15.0 Å². The van der Waals surface area contributed by atoms with Crippen LogP contribution >= 0.6 is 0 Å². The van der Waals surface area contributed by atoms with Gasteiger partial charge in [0.15, 0.2) is 0 Å². The SMILES string of the molecule is C#CCOc1ccc2c(c1)c(-c1ccc(C(C)C)cc1)nc(=O)n2CC1COC(C)(C)N1C(=O)O. The van der Waals surface area contributed by atoms with E-state index in [1.807, 2.05) is 30.3 Å². The van der Waals surface area contributed by atoms with Gasteiger partial charge in [0.2, 0.25) is 0 Å². The summed E-state index contributed by atoms with van der Waals surface area (Å²) < 4.78 is 12.8. The van der Waals surface area contributed by atoms with Crippen LogP contribution in [0.1, 0.15) is 39.2 Å². The highest BCUT2D eigenvalue weighted by molar-refractivity contribution is 5.93. The van der Waals surface area contributed by atoms with Gasteiger partial charge >= 0.3 is 11.8 Å². The molecule has 182 valence electrons. The molecule has 1 N–H and O–H groups in total. The first-order chi connectivity index (χ1) is 16.6. The van der Waals surface area contributed by atoms with Gasteiger partial charge < -0.3 is 14.6 Å². The van der Waals surface area contributed by atoms with Crippen LogP contribution in [-0.2, 0) is 11.3 Å². The van der Waals surface area contributed by atoms with Crippen molar-refractivity contribution in [2.24, 2.45) is 0 Å². The van der Waals surface area contributed by atoms with Crippen LogP contribution in [0.4, 0.5) is 4.79 Å². The number of amides is 1. The van der Waals surface area contributed by atoms with E-state index in [9.17, 15) is 14.7 Å². The summed E-state index contributed by atoms with van der Waals surface area (Å²) in [7, 11) is 0. The first-order valence-corrected chi connectivity index (χ1v) is 11.5. The predicted octanol–water partition coefficient (Wildman–Crippen LogP) is 4.31. The molecular weight excluding hydrogens is 446 g/mol. The number of carbonyl (C=O) groups is 1. The Morgan fingerprint density at radius 3 is 2.63 bits per heavy atom. The quantitative estimate of drug-likeness (QED) is 0.534. The maximum absolute atomic E-state index is 13.3. The Hall–Kier alpha value is -3.83. The average Bonchev–Trinajstić information content (AvgIpc) is 3.13. The number of hydrogen-bond acceptors (Lipinski definition) is 5. The van der Waals surface area contributed by atoms with E-state index in [4.69, 9.17) is 15.9 Å². The third kappa shape index (κ3) is 4.73. The zero-order valence-electron chi connectivity index (χ0n) is 20.3. The molecule has 1 aliphatic heterocycles. The van der Waals surface area contributed by atoms with Gasteiger partial charge in [-0.1, -0.05) is 44.0 Å². The molecule has 0 bridgehead atoms. The molecule has 35 heavy (non-hydrogen) atoms.